The van der Waals surface area contributed by atoms with Gasteiger partial charge in [-0.25, -0.2) is 4.98 Å². The number of ether oxygens (including phenoxy) is 1. The van der Waals surface area contributed by atoms with Crippen LogP contribution in [-0.4, -0.2) is 15.5 Å². The number of aromatic nitrogens is 2. The first kappa shape index (κ1) is 18.0. The van der Waals surface area contributed by atoms with Gasteiger partial charge in [-0.15, -0.1) is 0 Å². The molecule has 0 bridgehead atoms. The van der Waals surface area contributed by atoms with Crippen LogP contribution in [0, 0.1) is 17.2 Å². The fourth-order valence-electron chi connectivity index (χ4n) is 3.87. The summed E-state index contributed by atoms with van der Waals surface area (Å²) in [6.07, 6.45) is 0. The number of hydrogen-bond donors (Lipinski definition) is 1. The number of nitrogens with one attached hydrogen (secondary N) is 1. The smallest absolute Gasteiger partial charge is 0.246 e. The number of imidazole rings is 1. The number of fused-ring (bicyclic) bond motifs is 3. The highest BCUT2D eigenvalue weighted by Crippen LogP contribution is 2.38. The Balaban J connectivity index is 1.49. The summed E-state index contributed by atoms with van der Waals surface area (Å²) in [6, 6.07) is 26.9. The number of nitrogens with zero attached hydrogens (tertiary/aromatic N) is 3. The fourth-order valence-corrected chi connectivity index (χ4v) is 3.87. The molecule has 1 N–H and O–H groups in total. The van der Waals surface area contributed by atoms with Gasteiger partial charge in [0, 0.05) is 0 Å². The minimum absolute atomic E-state index is 0.338. The molecule has 30 heavy (non-hydrogen) atoms. The van der Waals surface area contributed by atoms with Crippen LogP contribution in [0.5, 0.6) is 5.75 Å². The molecule has 3 aromatic carbocycles. The molecule has 0 aliphatic carbocycles. The van der Waals surface area contributed by atoms with Crippen LogP contribution in [-0.2, 0) is 11.4 Å². The quantitative estimate of drug-likeness (QED) is 0.560. The van der Waals surface area contributed by atoms with Crippen molar-refractivity contribution in [3.8, 4) is 11.8 Å². The number of carbonyl (C=O) groups is 1. The summed E-state index contributed by atoms with van der Waals surface area (Å²) in [6.45, 7) is 0.475. The van der Waals surface area contributed by atoms with Crippen molar-refractivity contribution in [2.75, 3.05) is 5.32 Å². The Kier molecular flexibility index (Phi) is 4.41. The van der Waals surface area contributed by atoms with Crippen LogP contribution < -0.4 is 10.1 Å². The number of hydrogen-bond acceptors (Lipinski definition) is 4. The van der Waals surface area contributed by atoms with Crippen molar-refractivity contribution in [3.05, 3.63) is 90.0 Å². The van der Waals surface area contributed by atoms with Gasteiger partial charge in [-0.2, -0.15) is 5.26 Å². The van der Waals surface area contributed by atoms with Gasteiger partial charge in [0.15, 0.2) is 5.92 Å². The lowest BCUT2D eigenvalue weighted by Crippen LogP contribution is -2.37. The second kappa shape index (κ2) is 7.37. The van der Waals surface area contributed by atoms with Gasteiger partial charge >= 0.3 is 0 Å². The molecule has 0 saturated heterocycles. The van der Waals surface area contributed by atoms with Gasteiger partial charge in [0.2, 0.25) is 11.9 Å². The summed E-state index contributed by atoms with van der Waals surface area (Å²) in [4.78, 5) is 17.1. The van der Waals surface area contributed by atoms with Crippen LogP contribution >= 0.6 is 0 Å². The lowest BCUT2D eigenvalue weighted by molar-refractivity contribution is -0.119. The summed E-state index contributed by atoms with van der Waals surface area (Å²) in [5, 5.41) is 12.5. The summed E-state index contributed by atoms with van der Waals surface area (Å²) < 4.78 is 7.80. The Hall–Kier alpha value is -4.11. The SMILES string of the molecule is N#C[C@H]1C(=O)Nc2nc3ccccc3n2[C@H]1c1ccc(OCc2ccccc2)cc1. The first-order valence-electron chi connectivity index (χ1n) is 9.69. The van der Waals surface area contributed by atoms with E-state index in [-0.39, 0.29) is 5.91 Å². The normalized spacial score (nSPS) is 17.8. The van der Waals surface area contributed by atoms with E-state index in [0.29, 0.717) is 12.6 Å². The molecular formula is C24H18N4O2. The van der Waals surface area contributed by atoms with Crippen molar-refractivity contribution >= 4 is 22.9 Å². The van der Waals surface area contributed by atoms with E-state index in [9.17, 15) is 10.1 Å². The summed E-state index contributed by atoms with van der Waals surface area (Å²) in [5.74, 6) is -0.00454. The zero-order valence-corrected chi connectivity index (χ0v) is 16.0. The molecule has 1 aliphatic heterocycles. The van der Waals surface area contributed by atoms with Crippen molar-refractivity contribution < 1.29 is 9.53 Å². The van der Waals surface area contributed by atoms with Crippen LogP contribution in [0.25, 0.3) is 11.0 Å². The highest BCUT2D eigenvalue weighted by Gasteiger charge is 2.38. The molecule has 2 atom stereocenters. The van der Waals surface area contributed by atoms with Crippen LogP contribution in [0.4, 0.5) is 5.95 Å². The molecule has 0 unspecified atom stereocenters. The van der Waals surface area contributed by atoms with Gasteiger partial charge in [-0.3, -0.25) is 10.1 Å². The van der Waals surface area contributed by atoms with Crippen molar-refractivity contribution in [2.24, 2.45) is 5.92 Å². The molecular weight excluding hydrogens is 376 g/mol. The van der Waals surface area contributed by atoms with Crippen molar-refractivity contribution in [2.45, 2.75) is 12.6 Å². The molecule has 0 spiro atoms. The molecule has 146 valence electrons. The topological polar surface area (TPSA) is 79.9 Å². The molecule has 6 nitrogen and oxygen atoms in total. The molecule has 1 aromatic heterocycles. The maximum absolute atomic E-state index is 12.6. The third-order valence-electron chi connectivity index (χ3n) is 5.32. The average Bonchev–Trinajstić information content (AvgIpc) is 3.15. The van der Waals surface area contributed by atoms with Gasteiger partial charge in [-0.1, -0.05) is 54.6 Å². The molecule has 0 saturated carbocycles. The predicted octanol–water partition coefficient (Wildman–Crippen LogP) is 4.30. The van der Waals surface area contributed by atoms with E-state index in [1.165, 1.54) is 0 Å². The van der Waals surface area contributed by atoms with Crippen LogP contribution in [0.2, 0.25) is 0 Å². The second-order valence-electron chi connectivity index (χ2n) is 7.18. The molecule has 0 fully saturated rings. The third kappa shape index (κ3) is 3.07. The number of carbonyl (C=O) groups excluding carboxylic acids is 1. The molecule has 1 amide bonds. The second-order valence-corrected chi connectivity index (χ2v) is 7.18. The summed E-state index contributed by atoms with van der Waals surface area (Å²) >= 11 is 0. The van der Waals surface area contributed by atoms with Crippen molar-refractivity contribution in [1.29, 1.82) is 5.26 Å². The molecule has 1 aliphatic rings. The molecule has 0 radical (unpaired) electrons. The van der Waals surface area contributed by atoms with Gasteiger partial charge in [-0.05, 0) is 35.4 Å². The predicted molar refractivity (Wildman–Crippen MR) is 113 cm³/mol. The lowest BCUT2D eigenvalue weighted by atomic mass is 9.91. The number of para-hydroxylation sites is 2. The molecule has 5 rings (SSSR count). The zero-order chi connectivity index (χ0) is 20.5. The highest BCUT2D eigenvalue weighted by atomic mass is 16.5. The monoisotopic (exact) mass is 394 g/mol. The van der Waals surface area contributed by atoms with Crippen molar-refractivity contribution in [3.63, 3.8) is 0 Å². The van der Waals surface area contributed by atoms with E-state index in [1.54, 1.807) is 0 Å². The Morgan fingerprint density at radius 3 is 2.50 bits per heavy atom. The summed E-state index contributed by atoms with van der Waals surface area (Å²) in [7, 11) is 0. The van der Waals surface area contributed by atoms with Gasteiger partial charge in [0.1, 0.15) is 12.4 Å². The first-order valence-corrected chi connectivity index (χ1v) is 9.69. The Morgan fingerprint density at radius 1 is 1.00 bits per heavy atom. The first-order chi connectivity index (χ1) is 14.7. The zero-order valence-electron chi connectivity index (χ0n) is 16.0. The van der Waals surface area contributed by atoms with Crippen LogP contribution in [0.3, 0.4) is 0 Å². The summed E-state index contributed by atoms with van der Waals surface area (Å²) in [5.41, 5.74) is 3.60. The Bertz CT molecular complexity index is 1260. The van der Waals surface area contributed by atoms with E-state index < -0.39 is 12.0 Å². The third-order valence-corrected chi connectivity index (χ3v) is 5.32. The number of benzene rings is 3. The molecule has 2 heterocycles. The number of nitriles is 1. The standard InChI is InChI=1S/C24H18N4O2/c25-14-19-22(28-21-9-5-4-8-20(21)26-24(28)27-23(19)29)17-10-12-18(13-11-17)30-15-16-6-2-1-3-7-16/h1-13,19,22H,15H2,(H,26,27,29)/t19-,22+/m1/s1. The van der Waals surface area contributed by atoms with Crippen LogP contribution in [0.15, 0.2) is 78.9 Å². The lowest BCUT2D eigenvalue weighted by Gasteiger charge is -2.30. The number of amides is 1. The van der Waals surface area contributed by atoms with E-state index in [2.05, 4.69) is 16.4 Å². The van der Waals surface area contributed by atoms with Gasteiger partial charge in [0.05, 0.1) is 23.1 Å². The average molecular weight is 394 g/mol. The molecule has 4 aromatic rings. The van der Waals surface area contributed by atoms with E-state index >= 15 is 0 Å². The Labute approximate surface area is 173 Å². The van der Waals surface area contributed by atoms with Gasteiger partial charge < -0.3 is 9.30 Å². The highest BCUT2D eigenvalue weighted by molar-refractivity contribution is 5.97. The minimum Gasteiger partial charge on any atom is -0.489 e. The fraction of sp³-hybridized carbons (Fsp3) is 0.125. The van der Waals surface area contributed by atoms with Crippen LogP contribution in [0.1, 0.15) is 17.2 Å². The van der Waals surface area contributed by atoms with Crippen molar-refractivity contribution in [1.82, 2.24) is 9.55 Å². The molecule has 6 heteroatoms. The van der Waals surface area contributed by atoms with E-state index in [0.717, 1.165) is 27.9 Å². The maximum Gasteiger partial charge on any atom is 0.246 e. The maximum atomic E-state index is 12.6. The largest absolute Gasteiger partial charge is 0.489 e. The number of anilines is 1. The van der Waals surface area contributed by atoms with E-state index in [4.69, 9.17) is 4.74 Å². The minimum atomic E-state index is -0.855. The number of rotatable bonds is 4. The van der Waals surface area contributed by atoms with E-state index in [1.807, 2.05) is 83.4 Å². The van der Waals surface area contributed by atoms with Gasteiger partial charge in [0.25, 0.3) is 0 Å². The Morgan fingerprint density at radius 2 is 1.73 bits per heavy atom.